The molecule has 6 fully saturated rings. The zero-order chi connectivity index (χ0) is 28.4. The molecule has 0 unspecified atom stereocenters. The van der Waals surface area contributed by atoms with Crippen LogP contribution in [0.1, 0.15) is 94.0 Å². The van der Waals surface area contributed by atoms with Gasteiger partial charge in [0, 0.05) is 30.8 Å². The predicted molar refractivity (Wildman–Crippen MR) is 145 cm³/mol. The van der Waals surface area contributed by atoms with Crippen molar-refractivity contribution in [2.24, 2.45) is 23.2 Å². The Morgan fingerprint density at radius 2 is 1.73 bits per heavy atom. The molecule has 6 aliphatic carbocycles. The average molecular weight is 557 g/mol. The molecule has 1 aromatic carbocycles. The zero-order valence-electron chi connectivity index (χ0n) is 23.7. The molecule has 6 aliphatic rings. The number of carbonyl (C=O) groups is 3. The Morgan fingerprint density at radius 3 is 2.33 bits per heavy atom. The standard InChI is InChI=1S/C31H41FN2O6/c1-4-17-12-23(39-3)21(13-22(17)40-20-7-9-29(2,10-8-20)28(37)38)26(35)33-25-19-6-5-18(11-19)24(25)27(36)34-31-14-30(32,15-31)16-31/h12-13,18-20,24-25H,4-11,14-16H2,1-3H3,(H,33,35)(H,34,36)(H,37,38)/t18-,19+,20?,24+,25-,29?,30?,31?/m1/s1. The third kappa shape index (κ3) is 4.53. The second-order valence-electron chi connectivity index (χ2n) is 13.5. The number of halogens is 1. The van der Waals surface area contributed by atoms with Gasteiger partial charge in [-0.15, -0.1) is 0 Å². The van der Waals surface area contributed by atoms with Crippen molar-refractivity contribution in [2.75, 3.05) is 7.11 Å². The highest BCUT2D eigenvalue weighted by Crippen LogP contribution is 2.63. The minimum atomic E-state index is -1.08. The Morgan fingerprint density at radius 1 is 1.05 bits per heavy atom. The van der Waals surface area contributed by atoms with Crippen LogP contribution >= 0.6 is 0 Å². The quantitative estimate of drug-likeness (QED) is 0.411. The number of alkyl halides is 1. The van der Waals surface area contributed by atoms with Gasteiger partial charge in [0.15, 0.2) is 0 Å². The van der Waals surface area contributed by atoms with Crippen molar-refractivity contribution in [3.8, 4) is 11.5 Å². The molecular formula is C31H41FN2O6. The van der Waals surface area contributed by atoms with Gasteiger partial charge in [-0.1, -0.05) is 6.92 Å². The SMILES string of the molecule is CCc1cc(OC)c(C(=O)N[C@@H]2[C@H]3CC[C@H](C3)[C@@H]2C(=O)NC23CC(F)(C2)C3)cc1OC1CCC(C)(C(=O)O)CC1. The van der Waals surface area contributed by atoms with Crippen LogP contribution in [0, 0.1) is 23.2 Å². The summed E-state index contributed by atoms with van der Waals surface area (Å²) in [6, 6.07) is 3.31. The van der Waals surface area contributed by atoms with Crippen LogP contribution in [0.5, 0.6) is 11.5 Å². The second-order valence-corrected chi connectivity index (χ2v) is 13.5. The van der Waals surface area contributed by atoms with E-state index in [4.69, 9.17) is 9.47 Å². The van der Waals surface area contributed by atoms with E-state index in [9.17, 15) is 23.9 Å². The van der Waals surface area contributed by atoms with Crippen LogP contribution < -0.4 is 20.1 Å². The minimum absolute atomic E-state index is 0.0535. The number of nitrogens with one attached hydrogen (secondary N) is 2. The minimum Gasteiger partial charge on any atom is -0.496 e. The highest BCUT2D eigenvalue weighted by Gasteiger charge is 2.70. The van der Waals surface area contributed by atoms with E-state index in [0.29, 0.717) is 68.4 Å². The predicted octanol–water partition coefficient (Wildman–Crippen LogP) is 4.58. The highest BCUT2D eigenvalue weighted by atomic mass is 19.1. The summed E-state index contributed by atoms with van der Waals surface area (Å²) in [7, 11) is 1.54. The van der Waals surface area contributed by atoms with E-state index in [0.717, 1.165) is 24.8 Å². The largest absolute Gasteiger partial charge is 0.496 e. The molecule has 0 aromatic heterocycles. The molecule has 0 spiro atoms. The number of ether oxygens (including phenoxy) is 2. The average Bonchev–Trinajstić information content (AvgIpc) is 3.50. The van der Waals surface area contributed by atoms with Crippen molar-refractivity contribution in [1.29, 1.82) is 0 Å². The summed E-state index contributed by atoms with van der Waals surface area (Å²) >= 11 is 0. The molecule has 4 atom stereocenters. The van der Waals surface area contributed by atoms with Crippen LogP contribution in [0.4, 0.5) is 4.39 Å². The summed E-state index contributed by atoms with van der Waals surface area (Å²) in [5, 5.41) is 15.9. The molecule has 0 aliphatic heterocycles. The first-order valence-electron chi connectivity index (χ1n) is 14.9. The number of hydrogen-bond acceptors (Lipinski definition) is 5. The van der Waals surface area contributed by atoms with Gasteiger partial charge in [0.2, 0.25) is 5.91 Å². The van der Waals surface area contributed by atoms with E-state index in [1.54, 1.807) is 13.0 Å². The van der Waals surface area contributed by atoms with Crippen LogP contribution in [0.2, 0.25) is 0 Å². The van der Waals surface area contributed by atoms with Crippen molar-refractivity contribution in [3.63, 3.8) is 0 Å². The maximum absolute atomic E-state index is 14.0. The smallest absolute Gasteiger partial charge is 0.309 e. The van der Waals surface area contributed by atoms with Crippen LogP contribution in [-0.4, -0.2) is 53.4 Å². The van der Waals surface area contributed by atoms with Gasteiger partial charge in [0.1, 0.15) is 17.2 Å². The molecule has 7 rings (SSSR count). The van der Waals surface area contributed by atoms with E-state index in [1.165, 1.54) is 7.11 Å². The van der Waals surface area contributed by atoms with Crippen molar-refractivity contribution >= 4 is 17.8 Å². The second kappa shape index (κ2) is 9.62. The van der Waals surface area contributed by atoms with Gasteiger partial charge >= 0.3 is 5.97 Å². The van der Waals surface area contributed by atoms with Crippen LogP contribution in [0.15, 0.2) is 12.1 Å². The maximum atomic E-state index is 14.0. The Bertz CT molecular complexity index is 1200. The van der Waals surface area contributed by atoms with E-state index < -0.39 is 17.1 Å². The maximum Gasteiger partial charge on any atom is 0.309 e. The summed E-state index contributed by atoms with van der Waals surface area (Å²) in [6.45, 7) is 3.80. The Balaban J connectivity index is 1.18. The lowest BCUT2D eigenvalue weighted by Gasteiger charge is -2.66. The summed E-state index contributed by atoms with van der Waals surface area (Å²) in [5.74, 6) is 0.109. The first-order chi connectivity index (χ1) is 19.0. The topological polar surface area (TPSA) is 114 Å². The van der Waals surface area contributed by atoms with Crippen LogP contribution in [-0.2, 0) is 16.0 Å². The van der Waals surface area contributed by atoms with Crippen LogP contribution in [0.25, 0.3) is 0 Å². The Labute approximate surface area is 234 Å². The van der Waals surface area contributed by atoms with Gasteiger partial charge in [0.05, 0.1) is 30.1 Å². The summed E-state index contributed by atoms with van der Waals surface area (Å²) < 4.78 is 26.0. The number of rotatable bonds is 9. The van der Waals surface area contributed by atoms with Gasteiger partial charge in [0.25, 0.3) is 5.91 Å². The molecule has 2 amide bonds. The molecule has 0 saturated heterocycles. The molecule has 4 bridgehead atoms. The summed E-state index contributed by atoms with van der Waals surface area (Å²) in [6.07, 6.45) is 7.00. The molecule has 40 heavy (non-hydrogen) atoms. The van der Waals surface area contributed by atoms with Crippen molar-refractivity contribution in [1.82, 2.24) is 10.6 Å². The molecule has 0 radical (unpaired) electrons. The molecule has 6 saturated carbocycles. The monoisotopic (exact) mass is 556 g/mol. The van der Waals surface area contributed by atoms with Crippen molar-refractivity contribution in [2.45, 2.75) is 108 Å². The number of benzene rings is 1. The van der Waals surface area contributed by atoms with E-state index in [2.05, 4.69) is 10.6 Å². The number of carboxylic acids is 1. The number of aliphatic carboxylic acids is 1. The van der Waals surface area contributed by atoms with Gasteiger partial charge in [-0.25, -0.2) is 4.39 Å². The molecule has 0 heterocycles. The highest BCUT2D eigenvalue weighted by molar-refractivity contribution is 5.98. The number of aryl methyl sites for hydroxylation is 1. The summed E-state index contributed by atoms with van der Waals surface area (Å²) in [5.41, 5.74) is -0.907. The molecule has 8 nitrogen and oxygen atoms in total. The Hall–Kier alpha value is -2.84. The fourth-order valence-corrected chi connectivity index (χ4v) is 8.32. The normalized spacial score (nSPS) is 39.0. The number of carboxylic acid groups (broad SMARTS) is 1. The summed E-state index contributed by atoms with van der Waals surface area (Å²) in [4.78, 5) is 38.8. The fourth-order valence-electron chi connectivity index (χ4n) is 8.32. The van der Waals surface area contributed by atoms with Gasteiger partial charge in [-0.05, 0) is 87.8 Å². The van der Waals surface area contributed by atoms with Gasteiger partial charge in [-0.3, -0.25) is 14.4 Å². The fraction of sp³-hybridized carbons (Fsp3) is 0.710. The number of fused-ring (bicyclic) bond motifs is 2. The van der Waals surface area contributed by atoms with Crippen LogP contribution in [0.3, 0.4) is 0 Å². The van der Waals surface area contributed by atoms with E-state index >= 15 is 0 Å². The lowest BCUT2D eigenvalue weighted by atomic mass is 9.47. The van der Waals surface area contributed by atoms with Gasteiger partial charge in [-0.2, -0.15) is 0 Å². The first-order valence-corrected chi connectivity index (χ1v) is 14.9. The van der Waals surface area contributed by atoms with Crippen molar-refractivity contribution < 1.29 is 33.4 Å². The zero-order valence-corrected chi connectivity index (χ0v) is 23.7. The molecular weight excluding hydrogens is 515 g/mol. The number of methoxy groups -OCH3 is 1. The third-order valence-electron chi connectivity index (χ3n) is 10.7. The lowest BCUT2D eigenvalue weighted by Crippen LogP contribution is -2.77. The molecule has 218 valence electrons. The number of hydrogen-bond donors (Lipinski definition) is 3. The molecule has 1 aromatic rings. The number of amides is 2. The Kier molecular flexibility index (Phi) is 6.58. The van der Waals surface area contributed by atoms with E-state index in [-0.39, 0.29) is 47.3 Å². The number of carbonyl (C=O) groups excluding carboxylic acids is 2. The molecule has 3 N–H and O–H groups in total. The van der Waals surface area contributed by atoms with E-state index in [1.807, 2.05) is 13.0 Å². The third-order valence-corrected chi connectivity index (χ3v) is 10.7. The first kappa shape index (κ1) is 27.3. The lowest BCUT2D eigenvalue weighted by molar-refractivity contribution is -0.177. The van der Waals surface area contributed by atoms with Crippen molar-refractivity contribution in [3.05, 3.63) is 23.3 Å². The molecule has 9 heteroatoms. The van der Waals surface area contributed by atoms with Gasteiger partial charge < -0.3 is 25.2 Å².